The molecule has 0 heterocycles. The van der Waals surface area contributed by atoms with Gasteiger partial charge in [0.25, 0.3) is 0 Å². The summed E-state index contributed by atoms with van der Waals surface area (Å²) in [4.78, 5) is 24.2. The van der Waals surface area contributed by atoms with E-state index in [1.54, 1.807) is 13.8 Å². The molecule has 0 rings (SSSR count). The van der Waals surface area contributed by atoms with Crippen LogP contribution in [0.25, 0.3) is 0 Å². The number of hydrogen-bond acceptors (Lipinski definition) is 8. The lowest BCUT2D eigenvalue weighted by atomic mass is 9.98. The molecule has 0 spiro atoms. The van der Waals surface area contributed by atoms with Gasteiger partial charge in [-0.25, -0.2) is 0 Å². The molecule has 5 N–H and O–H groups in total. The molecule has 0 aromatic heterocycles. The van der Waals surface area contributed by atoms with Gasteiger partial charge in [-0.15, -0.1) is 0 Å². The minimum Gasteiger partial charge on any atom is -0.411 e. The summed E-state index contributed by atoms with van der Waals surface area (Å²) in [5, 5.41) is 34.3. The van der Waals surface area contributed by atoms with E-state index in [0.29, 0.717) is 37.4 Å². The van der Waals surface area contributed by atoms with Crippen molar-refractivity contribution in [2.75, 3.05) is 13.1 Å². The van der Waals surface area contributed by atoms with E-state index in [2.05, 4.69) is 26.3 Å². The lowest BCUT2D eigenvalue weighted by Crippen LogP contribution is -2.57. The van der Waals surface area contributed by atoms with E-state index in [-0.39, 0.29) is 30.1 Å². The first-order chi connectivity index (χ1) is 13.8. The summed E-state index contributed by atoms with van der Waals surface area (Å²) in [6, 6.07) is -0.269. The first-order valence-corrected chi connectivity index (χ1v) is 10.5. The highest BCUT2D eigenvalue weighted by Gasteiger charge is 2.26. The number of carbonyl (C=O) groups excluding carboxylic acids is 2. The Morgan fingerprint density at radius 2 is 1.30 bits per heavy atom. The van der Waals surface area contributed by atoms with E-state index in [9.17, 15) is 9.59 Å². The van der Waals surface area contributed by atoms with Crippen molar-refractivity contribution in [2.24, 2.45) is 16.2 Å². The molecule has 0 aromatic rings. The summed E-state index contributed by atoms with van der Waals surface area (Å²) in [7, 11) is 0. The molecule has 0 bridgehead atoms. The topological polar surface area (TPSA) is 135 Å². The van der Waals surface area contributed by atoms with Crippen LogP contribution in [0.2, 0.25) is 0 Å². The van der Waals surface area contributed by atoms with E-state index in [0.717, 1.165) is 0 Å². The fourth-order valence-corrected chi connectivity index (χ4v) is 2.45. The fourth-order valence-electron chi connectivity index (χ4n) is 2.45. The minimum absolute atomic E-state index is 0.0217. The van der Waals surface area contributed by atoms with Crippen LogP contribution in [0.4, 0.5) is 0 Å². The maximum absolute atomic E-state index is 12.4. The highest BCUT2D eigenvalue weighted by molar-refractivity contribution is 5.90. The van der Waals surface area contributed by atoms with Crippen molar-refractivity contribution >= 4 is 23.1 Å². The Bertz CT molecular complexity index is 593. The van der Waals surface area contributed by atoms with E-state index in [1.165, 1.54) is 0 Å². The molecule has 0 saturated carbocycles. The molecule has 30 heavy (non-hydrogen) atoms. The highest BCUT2D eigenvalue weighted by atomic mass is 16.4. The number of Topliss-reactive ketones (excluding diaryl/α,β-unsaturated/α-hetero) is 1. The Balaban J connectivity index is 5.01. The Morgan fingerprint density at radius 1 is 0.867 bits per heavy atom. The number of hydrogen-bond donors (Lipinski definition) is 5. The van der Waals surface area contributed by atoms with Crippen molar-refractivity contribution in [1.29, 1.82) is 0 Å². The van der Waals surface area contributed by atoms with Crippen molar-refractivity contribution in [3.05, 3.63) is 0 Å². The third-order valence-corrected chi connectivity index (χ3v) is 5.53. The summed E-state index contributed by atoms with van der Waals surface area (Å²) >= 11 is 0. The average Bonchev–Trinajstić information content (AvgIpc) is 2.68. The zero-order chi connectivity index (χ0) is 23.5. The number of nitrogens with one attached hydrogen (secondary N) is 3. The van der Waals surface area contributed by atoms with Crippen molar-refractivity contribution in [3.8, 4) is 0 Å². The van der Waals surface area contributed by atoms with Crippen LogP contribution in [0.1, 0.15) is 74.7 Å². The quantitative estimate of drug-likeness (QED) is 0.164. The van der Waals surface area contributed by atoms with Crippen LogP contribution in [-0.4, -0.2) is 63.7 Å². The van der Waals surface area contributed by atoms with Gasteiger partial charge in [-0.2, -0.15) is 0 Å². The van der Waals surface area contributed by atoms with Crippen molar-refractivity contribution < 1.29 is 20.0 Å². The summed E-state index contributed by atoms with van der Waals surface area (Å²) in [5.74, 6) is 0.00565. The molecule has 0 atom stereocenters. The third-order valence-electron chi connectivity index (χ3n) is 5.53. The normalized spacial score (nSPS) is 14.7. The van der Waals surface area contributed by atoms with Gasteiger partial charge in [-0.3, -0.25) is 9.59 Å². The fraction of sp³-hybridized carbons (Fsp3) is 0.810. The van der Waals surface area contributed by atoms with Crippen LogP contribution < -0.4 is 16.0 Å². The molecule has 0 unspecified atom stereocenters. The largest absolute Gasteiger partial charge is 0.411 e. The Labute approximate surface area is 180 Å². The van der Waals surface area contributed by atoms with E-state index in [1.807, 2.05) is 41.5 Å². The van der Waals surface area contributed by atoms with Crippen LogP contribution in [0.3, 0.4) is 0 Å². The minimum atomic E-state index is -0.556. The van der Waals surface area contributed by atoms with E-state index < -0.39 is 11.1 Å². The van der Waals surface area contributed by atoms with Gasteiger partial charge in [0.05, 0.1) is 28.5 Å². The SMILES string of the molecule is C/C(=N\O)C(C)(C)NCC(CNC(C)(C)/C(C)=N/O)NC(=O)CCCC(=O)C(C)C. The second-order valence-electron chi connectivity index (χ2n) is 9.12. The zero-order valence-corrected chi connectivity index (χ0v) is 19.8. The van der Waals surface area contributed by atoms with Crippen molar-refractivity contribution in [1.82, 2.24) is 16.0 Å². The van der Waals surface area contributed by atoms with Gasteiger partial charge in [-0.05, 0) is 48.0 Å². The van der Waals surface area contributed by atoms with Crippen LogP contribution in [0.5, 0.6) is 0 Å². The Kier molecular flexibility index (Phi) is 11.8. The van der Waals surface area contributed by atoms with Crippen molar-refractivity contribution in [3.63, 3.8) is 0 Å². The standard InChI is InChI=1S/C21H41N5O4/c1-14(2)18(27)10-9-11-19(28)24-17(12-22-20(5,6)15(3)25-29)13-23-21(7,8)16(4)26-30/h14,17,22-23,29-30H,9-13H2,1-8H3,(H,24,28)/b25-15+,26-16+. The summed E-state index contributed by atoms with van der Waals surface area (Å²) in [6.45, 7) is 15.5. The van der Waals surface area contributed by atoms with Gasteiger partial charge < -0.3 is 26.4 Å². The Hall–Kier alpha value is -2.00. The molecule has 0 radical (unpaired) electrons. The molecule has 0 fully saturated rings. The molecule has 0 aromatic carbocycles. The second-order valence-corrected chi connectivity index (χ2v) is 9.12. The first-order valence-electron chi connectivity index (χ1n) is 10.5. The maximum atomic E-state index is 12.4. The van der Waals surface area contributed by atoms with Gasteiger partial charge in [-0.1, -0.05) is 24.2 Å². The number of carbonyl (C=O) groups is 2. The van der Waals surface area contributed by atoms with Crippen LogP contribution in [0, 0.1) is 5.92 Å². The molecule has 9 nitrogen and oxygen atoms in total. The van der Waals surface area contributed by atoms with E-state index >= 15 is 0 Å². The second kappa shape index (κ2) is 12.6. The lowest BCUT2D eigenvalue weighted by molar-refractivity contribution is -0.123. The molecule has 0 aliphatic carbocycles. The summed E-state index contributed by atoms with van der Waals surface area (Å²) in [6.07, 6.45) is 1.18. The van der Waals surface area contributed by atoms with Crippen LogP contribution in [-0.2, 0) is 9.59 Å². The number of amides is 1. The molecule has 9 heteroatoms. The monoisotopic (exact) mass is 427 g/mol. The van der Waals surface area contributed by atoms with Gasteiger partial charge in [0.1, 0.15) is 5.78 Å². The molecular weight excluding hydrogens is 386 g/mol. The number of nitrogens with zero attached hydrogens (tertiary/aromatic N) is 2. The zero-order valence-electron chi connectivity index (χ0n) is 19.8. The number of rotatable bonds is 14. The molecular formula is C21H41N5O4. The number of oxime groups is 2. The van der Waals surface area contributed by atoms with Crippen molar-refractivity contribution in [2.45, 2.75) is 91.8 Å². The smallest absolute Gasteiger partial charge is 0.220 e. The summed E-state index contributed by atoms with van der Waals surface area (Å²) < 4.78 is 0. The molecule has 1 amide bonds. The molecule has 0 aliphatic rings. The Morgan fingerprint density at radius 3 is 1.67 bits per heavy atom. The first kappa shape index (κ1) is 28.0. The third kappa shape index (κ3) is 10.2. The predicted molar refractivity (Wildman–Crippen MR) is 120 cm³/mol. The lowest BCUT2D eigenvalue weighted by Gasteiger charge is -2.32. The predicted octanol–water partition coefficient (Wildman–Crippen LogP) is 2.30. The average molecular weight is 428 g/mol. The van der Waals surface area contributed by atoms with Crippen LogP contribution >= 0.6 is 0 Å². The number of ketones is 1. The summed E-state index contributed by atoms with van der Waals surface area (Å²) in [5.41, 5.74) is -0.0636. The molecule has 0 saturated heterocycles. The van der Waals surface area contributed by atoms with E-state index in [4.69, 9.17) is 10.4 Å². The highest BCUT2D eigenvalue weighted by Crippen LogP contribution is 2.08. The van der Waals surface area contributed by atoms with Gasteiger partial charge in [0.15, 0.2) is 0 Å². The van der Waals surface area contributed by atoms with Crippen LogP contribution in [0.15, 0.2) is 10.3 Å². The van der Waals surface area contributed by atoms with Gasteiger partial charge in [0, 0.05) is 31.8 Å². The van der Waals surface area contributed by atoms with Gasteiger partial charge >= 0.3 is 0 Å². The molecule has 174 valence electrons. The molecule has 0 aliphatic heterocycles. The van der Waals surface area contributed by atoms with Gasteiger partial charge in [0.2, 0.25) is 5.91 Å². The maximum Gasteiger partial charge on any atom is 0.220 e.